The summed E-state index contributed by atoms with van der Waals surface area (Å²) in [4.78, 5) is 2.11. The average molecular weight is 250 g/mol. The predicted molar refractivity (Wildman–Crippen MR) is 78.2 cm³/mol. The quantitative estimate of drug-likeness (QED) is 0.682. The Kier molecular flexibility index (Phi) is 7.46. The van der Waals surface area contributed by atoms with Crippen LogP contribution < -0.4 is 10.2 Å². The maximum atomic E-state index is 5.43. The van der Waals surface area contributed by atoms with Gasteiger partial charge in [0.05, 0.1) is 0 Å². The highest BCUT2D eigenvalue weighted by Crippen LogP contribution is 2.11. The van der Waals surface area contributed by atoms with Crippen molar-refractivity contribution in [2.24, 2.45) is 0 Å². The molecule has 0 unspecified atom stereocenters. The van der Waals surface area contributed by atoms with Crippen LogP contribution in [-0.2, 0) is 11.3 Å². The molecule has 102 valence electrons. The van der Waals surface area contributed by atoms with Gasteiger partial charge < -0.3 is 15.0 Å². The molecule has 0 saturated carbocycles. The van der Waals surface area contributed by atoms with Gasteiger partial charge in [0.1, 0.15) is 0 Å². The molecule has 0 spiro atoms. The van der Waals surface area contributed by atoms with E-state index in [1.54, 1.807) is 0 Å². The summed E-state index contributed by atoms with van der Waals surface area (Å²) in [5.74, 6) is 0. The van der Waals surface area contributed by atoms with Gasteiger partial charge in [-0.3, -0.25) is 0 Å². The Labute approximate surface area is 111 Å². The first kappa shape index (κ1) is 15.0. The lowest BCUT2D eigenvalue weighted by Gasteiger charge is -2.12. The number of rotatable bonds is 9. The van der Waals surface area contributed by atoms with Crippen molar-refractivity contribution in [3.63, 3.8) is 0 Å². The Morgan fingerprint density at radius 2 is 1.83 bits per heavy atom. The molecule has 3 heteroatoms. The Bertz CT molecular complexity index is 309. The third-order valence-corrected chi connectivity index (χ3v) is 2.77. The molecular formula is C15H26N2O. The number of benzene rings is 1. The summed E-state index contributed by atoms with van der Waals surface area (Å²) < 4.78 is 5.43. The fraction of sp³-hybridized carbons (Fsp3) is 0.600. The topological polar surface area (TPSA) is 24.5 Å². The van der Waals surface area contributed by atoms with Crippen molar-refractivity contribution in [2.75, 3.05) is 38.8 Å². The van der Waals surface area contributed by atoms with Crippen molar-refractivity contribution in [2.45, 2.75) is 26.3 Å². The van der Waals surface area contributed by atoms with E-state index >= 15 is 0 Å². The molecule has 0 amide bonds. The van der Waals surface area contributed by atoms with Crippen LogP contribution in [0.2, 0.25) is 0 Å². The minimum absolute atomic E-state index is 0.862. The maximum Gasteiger partial charge on any atom is 0.0478 e. The summed E-state index contributed by atoms with van der Waals surface area (Å²) in [7, 11) is 4.12. The van der Waals surface area contributed by atoms with Crippen LogP contribution in [0, 0.1) is 0 Å². The number of nitrogens with zero attached hydrogens (tertiary/aromatic N) is 1. The lowest BCUT2D eigenvalue weighted by molar-refractivity contribution is 0.132. The number of ether oxygens (including phenoxy) is 1. The Morgan fingerprint density at radius 1 is 1.11 bits per heavy atom. The molecule has 1 aromatic carbocycles. The molecule has 1 rings (SSSR count). The monoisotopic (exact) mass is 250 g/mol. The van der Waals surface area contributed by atoms with Gasteiger partial charge in [-0.15, -0.1) is 0 Å². The summed E-state index contributed by atoms with van der Waals surface area (Å²) in [6.45, 7) is 5.82. The molecule has 0 bridgehead atoms. The lowest BCUT2D eigenvalue weighted by Crippen LogP contribution is -2.16. The van der Waals surface area contributed by atoms with Crippen LogP contribution >= 0.6 is 0 Å². The van der Waals surface area contributed by atoms with E-state index in [9.17, 15) is 0 Å². The smallest absolute Gasteiger partial charge is 0.0478 e. The van der Waals surface area contributed by atoms with E-state index < -0.39 is 0 Å². The fourth-order valence-electron chi connectivity index (χ4n) is 1.69. The van der Waals surface area contributed by atoms with Gasteiger partial charge in [0, 0.05) is 39.5 Å². The highest BCUT2D eigenvalue weighted by molar-refractivity contribution is 5.45. The maximum absolute atomic E-state index is 5.43. The zero-order chi connectivity index (χ0) is 13.2. The van der Waals surface area contributed by atoms with Crippen LogP contribution in [-0.4, -0.2) is 33.9 Å². The van der Waals surface area contributed by atoms with Gasteiger partial charge in [0.25, 0.3) is 0 Å². The highest BCUT2D eigenvalue weighted by Gasteiger charge is 1.96. The summed E-state index contributed by atoms with van der Waals surface area (Å²) in [5.41, 5.74) is 2.57. The number of anilines is 1. The molecule has 0 fully saturated rings. The van der Waals surface area contributed by atoms with E-state index in [0.29, 0.717) is 0 Å². The van der Waals surface area contributed by atoms with E-state index in [1.807, 2.05) is 0 Å². The summed E-state index contributed by atoms with van der Waals surface area (Å²) >= 11 is 0. The van der Waals surface area contributed by atoms with Gasteiger partial charge in [-0.05, 0) is 37.1 Å². The molecule has 0 aliphatic carbocycles. The van der Waals surface area contributed by atoms with Crippen molar-refractivity contribution < 1.29 is 4.74 Å². The molecule has 0 radical (unpaired) electrons. The van der Waals surface area contributed by atoms with Crippen molar-refractivity contribution in [1.82, 2.24) is 5.32 Å². The normalized spacial score (nSPS) is 10.6. The lowest BCUT2D eigenvalue weighted by atomic mass is 10.2. The minimum atomic E-state index is 0.862. The zero-order valence-electron chi connectivity index (χ0n) is 11.9. The van der Waals surface area contributed by atoms with E-state index in [1.165, 1.54) is 11.3 Å². The first-order chi connectivity index (χ1) is 8.74. The summed E-state index contributed by atoms with van der Waals surface area (Å²) in [6, 6.07) is 8.66. The van der Waals surface area contributed by atoms with Crippen LogP contribution in [0.4, 0.5) is 5.69 Å². The first-order valence-electron chi connectivity index (χ1n) is 6.78. The summed E-state index contributed by atoms with van der Waals surface area (Å²) in [6.07, 6.45) is 2.18. The second-order valence-corrected chi connectivity index (χ2v) is 4.70. The Hall–Kier alpha value is -1.06. The molecule has 0 aliphatic heterocycles. The minimum Gasteiger partial charge on any atom is -0.381 e. The Morgan fingerprint density at radius 3 is 2.44 bits per heavy atom. The number of hydrogen-bond donors (Lipinski definition) is 1. The standard InChI is InChI=1S/C15H26N2O/c1-4-11-18-12-5-10-16-13-14-6-8-15(9-7-14)17(2)3/h6-9,16H,4-5,10-13H2,1-3H3. The van der Waals surface area contributed by atoms with Crippen LogP contribution in [0.25, 0.3) is 0 Å². The van der Waals surface area contributed by atoms with E-state index in [2.05, 4.69) is 55.5 Å². The molecule has 1 N–H and O–H groups in total. The zero-order valence-corrected chi connectivity index (χ0v) is 11.9. The molecule has 0 atom stereocenters. The van der Waals surface area contributed by atoms with Gasteiger partial charge in [0.2, 0.25) is 0 Å². The van der Waals surface area contributed by atoms with Gasteiger partial charge in [-0.2, -0.15) is 0 Å². The number of hydrogen-bond acceptors (Lipinski definition) is 3. The first-order valence-corrected chi connectivity index (χ1v) is 6.78. The molecule has 0 aromatic heterocycles. The fourth-order valence-corrected chi connectivity index (χ4v) is 1.69. The van der Waals surface area contributed by atoms with E-state index in [-0.39, 0.29) is 0 Å². The van der Waals surface area contributed by atoms with Gasteiger partial charge >= 0.3 is 0 Å². The SMILES string of the molecule is CCCOCCCNCc1ccc(N(C)C)cc1. The van der Waals surface area contributed by atoms with E-state index in [0.717, 1.165) is 39.1 Å². The third kappa shape index (κ3) is 6.03. The molecule has 3 nitrogen and oxygen atoms in total. The van der Waals surface area contributed by atoms with Gasteiger partial charge in [-0.1, -0.05) is 19.1 Å². The van der Waals surface area contributed by atoms with E-state index in [4.69, 9.17) is 4.74 Å². The van der Waals surface area contributed by atoms with Crippen LogP contribution in [0.1, 0.15) is 25.3 Å². The molecular weight excluding hydrogens is 224 g/mol. The van der Waals surface area contributed by atoms with Crippen molar-refractivity contribution in [1.29, 1.82) is 0 Å². The molecule has 18 heavy (non-hydrogen) atoms. The van der Waals surface area contributed by atoms with Crippen LogP contribution in [0.5, 0.6) is 0 Å². The van der Waals surface area contributed by atoms with Crippen LogP contribution in [0.15, 0.2) is 24.3 Å². The summed E-state index contributed by atoms with van der Waals surface area (Å²) in [5, 5.41) is 3.43. The van der Waals surface area contributed by atoms with Crippen molar-refractivity contribution in [3.8, 4) is 0 Å². The van der Waals surface area contributed by atoms with Crippen LogP contribution in [0.3, 0.4) is 0 Å². The Balaban J connectivity index is 2.12. The third-order valence-electron chi connectivity index (χ3n) is 2.77. The second-order valence-electron chi connectivity index (χ2n) is 4.70. The average Bonchev–Trinajstić information content (AvgIpc) is 2.38. The molecule has 0 aliphatic rings. The molecule has 0 heterocycles. The molecule has 1 aromatic rings. The second kappa shape index (κ2) is 8.95. The van der Waals surface area contributed by atoms with Gasteiger partial charge in [0.15, 0.2) is 0 Å². The van der Waals surface area contributed by atoms with Crippen molar-refractivity contribution in [3.05, 3.63) is 29.8 Å². The largest absolute Gasteiger partial charge is 0.381 e. The predicted octanol–water partition coefficient (Wildman–Crippen LogP) is 2.66. The van der Waals surface area contributed by atoms with Crippen molar-refractivity contribution >= 4 is 5.69 Å². The molecule has 0 saturated heterocycles. The highest BCUT2D eigenvalue weighted by atomic mass is 16.5. The van der Waals surface area contributed by atoms with Gasteiger partial charge in [-0.25, -0.2) is 0 Å². The number of nitrogens with one attached hydrogen (secondary N) is 1.